The van der Waals surface area contributed by atoms with Crippen LogP contribution in [0.5, 0.6) is 5.75 Å². The summed E-state index contributed by atoms with van der Waals surface area (Å²) in [5.41, 5.74) is -2.42. The van der Waals surface area contributed by atoms with Gasteiger partial charge >= 0.3 is 11.8 Å². The van der Waals surface area contributed by atoms with Gasteiger partial charge in [0.25, 0.3) is 5.91 Å². The first-order chi connectivity index (χ1) is 10.8. The number of halogens is 3. The van der Waals surface area contributed by atoms with Crippen molar-refractivity contribution in [2.75, 3.05) is 6.61 Å². The number of hydrogen-bond donors (Lipinski definition) is 1. The molecule has 1 aliphatic rings. The minimum Gasteiger partial charge on any atom is -0.484 e. The molecular formula is C15H12F3NO4. The molecule has 1 fully saturated rings. The summed E-state index contributed by atoms with van der Waals surface area (Å²) in [6.45, 7) is -0.259. The molecule has 1 heterocycles. The molecule has 1 aromatic heterocycles. The van der Waals surface area contributed by atoms with E-state index in [9.17, 15) is 22.8 Å². The minimum atomic E-state index is -4.67. The molecule has 0 radical (unpaired) electrons. The van der Waals surface area contributed by atoms with Crippen LogP contribution in [0.1, 0.15) is 18.4 Å². The average Bonchev–Trinajstić information content (AvgIpc) is 3.26. The summed E-state index contributed by atoms with van der Waals surface area (Å²) in [7, 11) is 0. The molecule has 1 aromatic carbocycles. The number of rotatable bonds is 4. The van der Waals surface area contributed by atoms with Crippen LogP contribution in [0.25, 0.3) is 11.0 Å². The Balaban J connectivity index is 1.83. The lowest BCUT2D eigenvalue weighted by atomic mass is 10.1. The van der Waals surface area contributed by atoms with Crippen LogP contribution in [0.2, 0.25) is 0 Å². The minimum absolute atomic E-state index is 0.144. The van der Waals surface area contributed by atoms with Gasteiger partial charge in [-0.1, -0.05) is 0 Å². The second kappa shape index (κ2) is 5.60. The van der Waals surface area contributed by atoms with E-state index < -0.39 is 17.4 Å². The third-order valence-electron chi connectivity index (χ3n) is 3.33. The van der Waals surface area contributed by atoms with Gasteiger partial charge in [0.15, 0.2) is 6.61 Å². The topological polar surface area (TPSA) is 68.5 Å². The fourth-order valence-corrected chi connectivity index (χ4v) is 2.11. The summed E-state index contributed by atoms with van der Waals surface area (Å²) in [6.07, 6.45) is -2.79. The maximum Gasteiger partial charge on any atom is 0.417 e. The zero-order valence-electron chi connectivity index (χ0n) is 11.8. The molecule has 0 bridgehead atoms. The molecule has 0 saturated heterocycles. The maximum atomic E-state index is 12.9. The molecule has 3 rings (SSSR count). The Morgan fingerprint density at radius 2 is 2.04 bits per heavy atom. The van der Waals surface area contributed by atoms with Gasteiger partial charge in [0, 0.05) is 23.6 Å². The first-order valence-corrected chi connectivity index (χ1v) is 6.90. The van der Waals surface area contributed by atoms with Gasteiger partial charge in [0.1, 0.15) is 11.3 Å². The first-order valence-electron chi connectivity index (χ1n) is 6.90. The molecule has 5 nitrogen and oxygen atoms in total. The molecule has 1 saturated carbocycles. The summed E-state index contributed by atoms with van der Waals surface area (Å²) >= 11 is 0. The highest BCUT2D eigenvalue weighted by Crippen LogP contribution is 2.34. The van der Waals surface area contributed by atoms with Gasteiger partial charge in [0.2, 0.25) is 0 Å². The third-order valence-corrected chi connectivity index (χ3v) is 3.33. The van der Waals surface area contributed by atoms with Crippen molar-refractivity contribution in [3.05, 3.63) is 40.2 Å². The van der Waals surface area contributed by atoms with E-state index in [-0.39, 0.29) is 35.3 Å². The quantitative estimate of drug-likeness (QED) is 0.876. The number of ether oxygens (including phenoxy) is 1. The van der Waals surface area contributed by atoms with E-state index >= 15 is 0 Å². The molecule has 1 N–H and O–H groups in total. The fraction of sp³-hybridized carbons (Fsp3) is 0.333. The number of amides is 1. The van der Waals surface area contributed by atoms with Crippen molar-refractivity contribution in [2.24, 2.45) is 0 Å². The van der Waals surface area contributed by atoms with Gasteiger partial charge in [-0.05, 0) is 25.0 Å². The molecule has 122 valence electrons. The van der Waals surface area contributed by atoms with E-state index in [4.69, 9.17) is 9.15 Å². The SMILES string of the molecule is O=C(COc1ccc2c(C(F)(F)F)cc(=O)oc2c1)NC1CC1. The summed E-state index contributed by atoms with van der Waals surface area (Å²) in [4.78, 5) is 22.8. The van der Waals surface area contributed by atoms with Crippen LogP contribution in [0.4, 0.5) is 13.2 Å². The number of carbonyl (C=O) groups is 1. The van der Waals surface area contributed by atoms with Crippen LogP contribution < -0.4 is 15.7 Å². The summed E-state index contributed by atoms with van der Waals surface area (Å²) in [5, 5.41) is 2.47. The van der Waals surface area contributed by atoms with E-state index in [0.29, 0.717) is 6.07 Å². The van der Waals surface area contributed by atoms with Crippen LogP contribution in [-0.2, 0) is 11.0 Å². The Hall–Kier alpha value is -2.51. The molecular weight excluding hydrogens is 315 g/mol. The standard InChI is InChI=1S/C15H12F3NO4/c16-15(17,18)11-6-14(21)23-12-5-9(3-4-10(11)12)22-7-13(20)19-8-1-2-8/h3-6,8H,1-2,7H2,(H,19,20). The number of hydrogen-bond acceptors (Lipinski definition) is 4. The molecule has 8 heteroatoms. The molecule has 23 heavy (non-hydrogen) atoms. The van der Waals surface area contributed by atoms with Gasteiger partial charge in [-0.2, -0.15) is 13.2 Å². The monoisotopic (exact) mass is 327 g/mol. The maximum absolute atomic E-state index is 12.9. The molecule has 0 spiro atoms. The average molecular weight is 327 g/mol. The molecule has 2 aromatic rings. The highest BCUT2D eigenvalue weighted by molar-refractivity contribution is 5.82. The predicted octanol–water partition coefficient (Wildman–Crippen LogP) is 2.47. The summed E-state index contributed by atoms with van der Waals surface area (Å²) < 4.78 is 48.7. The van der Waals surface area contributed by atoms with E-state index in [0.717, 1.165) is 25.0 Å². The molecule has 0 aliphatic heterocycles. The van der Waals surface area contributed by atoms with Crippen molar-refractivity contribution in [2.45, 2.75) is 25.1 Å². The summed E-state index contributed by atoms with van der Waals surface area (Å²) in [6, 6.07) is 4.20. The number of carbonyl (C=O) groups excluding carboxylic acids is 1. The zero-order chi connectivity index (χ0) is 16.6. The lowest BCUT2D eigenvalue weighted by Gasteiger charge is -2.10. The first kappa shape index (κ1) is 15.4. The second-order valence-corrected chi connectivity index (χ2v) is 5.27. The Bertz CT molecular complexity index is 808. The third kappa shape index (κ3) is 3.64. The molecule has 0 unspecified atom stereocenters. The highest BCUT2D eigenvalue weighted by atomic mass is 19.4. The highest BCUT2D eigenvalue weighted by Gasteiger charge is 2.33. The lowest BCUT2D eigenvalue weighted by molar-refractivity contribution is -0.136. The summed E-state index contributed by atoms with van der Waals surface area (Å²) in [5.74, 6) is -0.163. The molecule has 1 aliphatic carbocycles. The van der Waals surface area contributed by atoms with Crippen molar-refractivity contribution < 1.29 is 27.1 Å². The van der Waals surface area contributed by atoms with Crippen LogP contribution in [0.15, 0.2) is 33.5 Å². The van der Waals surface area contributed by atoms with E-state index in [2.05, 4.69) is 5.32 Å². The van der Waals surface area contributed by atoms with E-state index in [1.165, 1.54) is 6.07 Å². The van der Waals surface area contributed by atoms with Crippen LogP contribution in [0.3, 0.4) is 0 Å². The van der Waals surface area contributed by atoms with Gasteiger partial charge in [-0.15, -0.1) is 0 Å². The lowest BCUT2D eigenvalue weighted by Crippen LogP contribution is -2.30. The van der Waals surface area contributed by atoms with E-state index in [1.54, 1.807) is 0 Å². The van der Waals surface area contributed by atoms with Crippen LogP contribution in [-0.4, -0.2) is 18.6 Å². The largest absolute Gasteiger partial charge is 0.484 e. The van der Waals surface area contributed by atoms with Crippen molar-refractivity contribution in [3.63, 3.8) is 0 Å². The predicted molar refractivity (Wildman–Crippen MR) is 74.1 cm³/mol. The molecule has 1 amide bonds. The van der Waals surface area contributed by atoms with Crippen molar-refractivity contribution in [3.8, 4) is 5.75 Å². The van der Waals surface area contributed by atoms with E-state index in [1.807, 2.05) is 0 Å². The second-order valence-electron chi connectivity index (χ2n) is 5.27. The van der Waals surface area contributed by atoms with Crippen molar-refractivity contribution in [1.82, 2.24) is 5.32 Å². The zero-order valence-corrected chi connectivity index (χ0v) is 11.8. The Morgan fingerprint density at radius 1 is 1.30 bits per heavy atom. The van der Waals surface area contributed by atoms with Crippen molar-refractivity contribution >= 4 is 16.9 Å². The van der Waals surface area contributed by atoms with Gasteiger partial charge in [0.05, 0.1) is 5.56 Å². The number of alkyl halides is 3. The Morgan fingerprint density at radius 3 is 2.70 bits per heavy atom. The van der Waals surface area contributed by atoms with Gasteiger partial charge in [-0.3, -0.25) is 4.79 Å². The Labute approximate surface area is 128 Å². The van der Waals surface area contributed by atoms with Crippen LogP contribution >= 0.6 is 0 Å². The normalized spacial score (nSPS) is 14.7. The smallest absolute Gasteiger partial charge is 0.417 e. The Kier molecular flexibility index (Phi) is 3.75. The number of fused-ring (bicyclic) bond motifs is 1. The van der Waals surface area contributed by atoms with Gasteiger partial charge in [-0.25, -0.2) is 4.79 Å². The van der Waals surface area contributed by atoms with Gasteiger partial charge < -0.3 is 14.5 Å². The van der Waals surface area contributed by atoms with Crippen LogP contribution in [0, 0.1) is 0 Å². The molecule has 0 atom stereocenters. The number of nitrogens with one attached hydrogen (secondary N) is 1. The fourth-order valence-electron chi connectivity index (χ4n) is 2.11. The number of benzene rings is 1. The van der Waals surface area contributed by atoms with Crippen molar-refractivity contribution in [1.29, 1.82) is 0 Å².